The van der Waals surface area contributed by atoms with Crippen LogP contribution in [0.3, 0.4) is 0 Å². The van der Waals surface area contributed by atoms with Crippen molar-refractivity contribution in [3.8, 4) is 28.7 Å². The summed E-state index contributed by atoms with van der Waals surface area (Å²) in [7, 11) is 0. The van der Waals surface area contributed by atoms with Crippen LogP contribution >= 0.6 is 0 Å². The molecule has 6 nitrogen and oxygen atoms in total. The summed E-state index contributed by atoms with van der Waals surface area (Å²) in [5.74, 6) is -1.27. The molecule has 1 unspecified atom stereocenters. The summed E-state index contributed by atoms with van der Waals surface area (Å²) in [5.41, 5.74) is 3.50. The van der Waals surface area contributed by atoms with Crippen molar-refractivity contribution >= 4 is 5.78 Å². The summed E-state index contributed by atoms with van der Waals surface area (Å²) in [5, 5.41) is 40.3. The normalized spacial score (nSPS) is 15.9. The number of fused-ring (bicyclic) bond motifs is 1. The molecule has 1 heterocycles. The summed E-state index contributed by atoms with van der Waals surface area (Å²) < 4.78 is 5.92. The molecule has 1 aliphatic rings. The van der Waals surface area contributed by atoms with E-state index in [0.29, 0.717) is 17.5 Å². The molecule has 0 fully saturated rings. The first-order valence-corrected chi connectivity index (χ1v) is 10.3. The molecule has 0 saturated carbocycles. The Balaban J connectivity index is 1.91. The minimum Gasteiger partial charge on any atom is -0.508 e. The minimum atomic E-state index is -0.720. The lowest BCUT2D eigenvalue weighted by molar-refractivity contribution is 0.0843. The zero-order valence-electron chi connectivity index (χ0n) is 18.0. The van der Waals surface area contributed by atoms with Gasteiger partial charge in [-0.05, 0) is 46.1 Å². The Morgan fingerprint density at radius 2 is 1.81 bits per heavy atom. The second kappa shape index (κ2) is 9.16. The predicted octanol–water partition coefficient (Wildman–Crippen LogP) is 5.45. The number of hydrogen-bond acceptors (Lipinski definition) is 6. The van der Waals surface area contributed by atoms with Gasteiger partial charge in [-0.25, -0.2) is 0 Å². The highest BCUT2D eigenvalue weighted by Crippen LogP contribution is 2.44. The number of Topliss-reactive ketones (excluding diaryl/α,β-unsaturated/α-hetero) is 1. The highest BCUT2D eigenvalue weighted by atomic mass is 16.5. The lowest BCUT2D eigenvalue weighted by Gasteiger charge is -2.28. The van der Waals surface area contributed by atoms with E-state index >= 15 is 0 Å². The van der Waals surface area contributed by atoms with E-state index in [1.807, 2.05) is 13.0 Å². The second-order valence-electron chi connectivity index (χ2n) is 8.15. The maximum Gasteiger partial charge on any atom is 0.174 e. The molecule has 1 atom stereocenters. The quantitative estimate of drug-likeness (QED) is 0.363. The standard InChI is InChI=1S/C25H28O6/c1-14(2)5-4-6-15(3)7-8-18-17(9-10-19(27)25(18)30)22-13-21(29)24-20(28)11-16(26)12-23(24)31-22/h5,7,9-12,22,26-28,30H,4,6,8,13H2,1-3H3/b15-7+. The molecular formula is C25H28O6. The first-order chi connectivity index (χ1) is 14.7. The van der Waals surface area contributed by atoms with E-state index in [1.165, 1.54) is 17.7 Å². The van der Waals surface area contributed by atoms with E-state index in [9.17, 15) is 25.2 Å². The number of carbonyl (C=O) groups excluding carboxylic acids is 1. The zero-order chi connectivity index (χ0) is 22.7. The summed E-state index contributed by atoms with van der Waals surface area (Å²) in [6, 6.07) is 5.37. The SMILES string of the molecule is CC(C)=CCC/C(C)=C/Cc1c(C2CC(=O)c3c(O)cc(O)cc3O2)ccc(O)c1O. The number of ether oxygens (including phenoxy) is 1. The van der Waals surface area contributed by atoms with Crippen LogP contribution in [0.4, 0.5) is 0 Å². The van der Waals surface area contributed by atoms with Crippen molar-refractivity contribution in [2.45, 2.75) is 52.6 Å². The fourth-order valence-electron chi connectivity index (χ4n) is 3.72. The van der Waals surface area contributed by atoms with Crippen LogP contribution in [0.1, 0.15) is 67.6 Å². The van der Waals surface area contributed by atoms with Gasteiger partial charge >= 0.3 is 0 Å². The van der Waals surface area contributed by atoms with Gasteiger partial charge in [0, 0.05) is 23.3 Å². The monoisotopic (exact) mass is 424 g/mol. The molecule has 0 radical (unpaired) electrons. The van der Waals surface area contributed by atoms with Gasteiger partial charge in [0.25, 0.3) is 0 Å². The van der Waals surface area contributed by atoms with E-state index in [0.717, 1.165) is 24.5 Å². The van der Waals surface area contributed by atoms with Gasteiger partial charge in [0.05, 0.1) is 6.42 Å². The van der Waals surface area contributed by atoms with Gasteiger partial charge in [0.15, 0.2) is 17.3 Å². The van der Waals surface area contributed by atoms with Crippen molar-refractivity contribution in [3.63, 3.8) is 0 Å². The molecule has 2 aromatic rings. The van der Waals surface area contributed by atoms with E-state index in [4.69, 9.17) is 4.74 Å². The van der Waals surface area contributed by atoms with Gasteiger partial charge < -0.3 is 25.2 Å². The molecule has 6 heteroatoms. The zero-order valence-corrected chi connectivity index (χ0v) is 18.0. The van der Waals surface area contributed by atoms with Gasteiger partial charge in [0.1, 0.15) is 28.9 Å². The van der Waals surface area contributed by atoms with Crippen LogP contribution in [0.5, 0.6) is 28.7 Å². The highest BCUT2D eigenvalue weighted by Gasteiger charge is 2.32. The third-order valence-corrected chi connectivity index (χ3v) is 5.38. The van der Waals surface area contributed by atoms with Gasteiger partial charge in [0.2, 0.25) is 0 Å². The minimum absolute atomic E-state index is 0.0358. The average molecular weight is 424 g/mol. The topological polar surface area (TPSA) is 107 Å². The molecule has 31 heavy (non-hydrogen) atoms. The third kappa shape index (κ3) is 5.02. The number of phenols is 4. The molecule has 0 saturated heterocycles. The Bertz CT molecular complexity index is 1060. The fourth-order valence-corrected chi connectivity index (χ4v) is 3.72. The summed E-state index contributed by atoms with van der Waals surface area (Å²) in [4.78, 5) is 12.7. The molecule has 1 aliphatic heterocycles. The molecule has 164 valence electrons. The van der Waals surface area contributed by atoms with Gasteiger partial charge in [-0.1, -0.05) is 29.4 Å². The number of aromatic hydroxyl groups is 4. The van der Waals surface area contributed by atoms with Crippen molar-refractivity contribution in [2.75, 3.05) is 0 Å². The Hall–Kier alpha value is -3.41. The van der Waals surface area contributed by atoms with Crippen LogP contribution < -0.4 is 4.74 Å². The van der Waals surface area contributed by atoms with Crippen LogP contribution in [0.25, 0.3) is 0 Å². The average Bonchev–Trinajstić information content (AvgIpc) is 2.67. The van der Waals surface area contributed by atoms with E-state index in [1.54, 1.807) is 6.07 Å². The molecule has 0 aromatic heterocycles. The molecule has 3 rings (SSSR count). The third-order valence-electron chi connectivity index (χ3n) is 5.38. The maximum absolute atomic E-state index is 12.7. The lowest BCUT2D eigenvalue weighted by atomic mass is 9.90. The lowest BCUT2D eigenvalue weighted by Crippen LogP contribution is -2.21. The van der Waals surface area contributed by atoms with E-state index < -0.39 is 6.10 Å². The second-order valence-corrected chi connectivity index (χ2v) is 8.15. The summed E-state index contributed by atoms with van der Waals surface area (Å²) in [6.07, 6.45) is 5.57. The molecule has 0 amide bonds. The van der Waals surface area contributed by atoms with Crippen molar-refractivity contribution in [3.05, 3.63) is 64.3 Å². The van der Waals surface area contributed by atoms with Crippen LogP contribution in [-0.4, -0.2) is 26.2 Å². The van der Waals surface area contributed by atoms with Gasteiger partial charge in [-0.3, -0.25) is 4.79 Å². The number of benzene rings is 2. The smallest absolute Gasteiger partial charge is 0.174 e. The number of carbonyl (C=O) groups is 1. The van der Waals surface area contributed by atoms with Gasteiger partial charge in [-0.15, -0.1) is 0 Å². The van der Waals surface area contributed by atoms with E-state index in [2.05, 4.69) is 19.9 Å². The van der Waals surface area contributed by atoms with Crippen molar-refractivity contribution < 1.29 is 30.0 Å². The number of rotatable bonds is 6. The van der Waals surface area contributed by atoms with Crippen molar-refractivity contribution in [1.82, 2.24) is 0 Å². The Morgan fingerprint density at radius 1 is 1.06 bits per heavy atom. The summed E-state index contributed by atoms with van der Waals surface area (Å²) >= 11 is 0. The molecular weight excluding hydrogens is 396 g/mol. The van der Waals surface area contributed by atoms with Crippen molar-refractivity contribution in [2.24, 2.45) is 0 Å². The van der Waals surface area contributed by atoms with Crippen LogP contribution in [-0.2, 0) is 6.42 Å². The first-order valence-electron chi connectivity index (χ1n) is 10.3. The molecule has 4 N–H and O–H groups in total. The highest BCUT2D eigenvalue weighted by molar-refractivity contribution is 6.02. The van der Waals surface area contributed by atoms with Crippen LogP contribution in [0.15, 0.2) is 47.6 Å². The molecule has 0 aliphatic carbocycles. The molecule has 0 bridgehead atoms. The fraction of sp³-hybridized carbons (Fsp3) is 0.320. The Morgan fingerprint density at radius 3 is 2.52 bits per heavy atom. The molecule has 0 spiro atoms. The Kier molecular flexibility index (Phi) is 6.59. The number of phenolic OH excluding ortho intramolecular Hbond substituents is 4. The number of allylic oxidation sites excluding steroid dienone is 4. The van der Waals surface area contributed by atoms with E-state index in [-0.39, 0.29) is 46.5 Å². The first kappa shape index (κ1) is 22.3. The van der Waals surface area contributed by atoms with Crippen LogP contribution in [0, 0.1) is 0 Å². The summed E-state index contributed by atoms with van der Waals surface area (Å²) in [6.45, 7) is 6.12. The predicted molar refractivity (Wildman–Crippen MR) is 118 cm³/mol. The largest absolute Gasteiger partial charge is 0.508 e. The molecule has 2 aromatic carbocycles. The van der Waals surface area contributed by atoms with Crippen molar-refractivity contribution in [1.29, 1.82) is 0 Å². The number of ketones is 1. The maximum atomic E-state index is 12.7. The van der Waals surface area contributed by atoms with Crippen LogP contribution in [0.2, 0.25) is 0 Å². The van der Waals surface area contributed by atoms with Gasteiger partial charge in [-0.2, -0.15) is 0 Å². The number of hydrogen-bond donors (Lipinski definition) is 4. The Labute approximate surface area is 181 Å².